The van der Waals surface area contributed by atoms with Gasteiger partial charge in [-0.1, -0.05) is 6.07 Å². The van der Waals surface area contributed by atoms with Crippen molar-refractivity contribution in [2.24, 2.45) is 0 Å². The number of aromatic nitrogens is 4. The van der Waals surface area contributed by atoms with Crippen LogP contribution >= 0.6 is 0 Å². The third-order valence-corrected chi connectivity index (χ3v) is 4.69. The van der Waals surface area contributed by atoms with Crippen molar-refractivity contribution in [3.05, 3.63) is 54.2 Å². The molecule has 140 valence electrons. The number of carbonyl (C=O) groups is 1. The monoisotopic (exact) mass is 367 g/mol. The van der Waals surface area contributed by atoms with Gasteiger partial charge in [0.25, 0.3) is 5.91 Å². The molecule has 4 rings (SSSR count). The number of carbonyl (C=O) groups excluding carboxylic acids is 1. The summed E-state index contributed by atoms with van der Waals surface area (Å²) in [5, 5.41) is 2.97. The Kier molecular flexibility index (Phi) is 5.08. The summed E-state index contributed by atoms with van der Waals surface area (Å²) in [6.07, 6.45) is 5.75. The molecule has 1 fully saturated rings. The van der Waals surface area contributed by atoms with E-state index in [2.05, 4.69) is 20.3 Å². The van der Waals surface area contributed by atoms with E-state index < -0.39 is 0 Å². The van der Waals surface area contributed by atoms with Gasteiger partial charge < -0.3 is 19.4 Å². The van der Waals surface area contributed by atoms with Crippen molar-refractivity contribution in [3.8, 4) is 0 Å². The molecule has 0 bridgehead atoms. The van der Waals surface area contributed by atoms with Crippen LogP contribution in [0.5, 0.6) is 0 Å². The van der Waals surface area contributed by atoms with Gasteiger partial charge in [-0.3, -0.25) is 9.78 Å². The molecule has 0 unspecified atom stereocenters. The van der Waals surface area contributed by atoms with Gasteiger partial charge in [-0.15, -0.1) is 0 Å². The summed E-state index contributed by atoms with van der Waals surface area (Å²) >= 11 is 0. The van der Waals surface area contributed by atoms with E-state index in [1.54, 1.807) is 31.9 Å². The Morgan fingerprint density at radius 2 is 2.30 bits per heavy atom. The maximum Gasteiger partial charge on any atom is 0.253 e. The van der Waals surface area contributed by atoms with Crippen molar-refractivity contribution in [3.63, 3.8) is 0 Å². The van der Waals surface area contributed by atoms with Crippen molar-refractivity contribution < 1.29 is 14.3 Å². The van der Waals surface area contributed by atoms with Crippen LogP contribution in [0.2, 0.25) is 0 Å². The highest BCUT2D eigenvalue weighted by molar-refractivity contribution is 5.96. The van der Waals surface area contributed by atoms with Crippen LogP contribution in [-0.4, -0.2) is 57.9 Å². The first-order chi connectivity index (χ1) is 13.2. The molecule has 0 aromatic carbocycles. The van der Waals surface area contributed by atoms with Crippen molar-refractivity contribution in [1.82, 2.24) is 24.8 Å². The predicted molar refractivity (Wildman–Crippen MR) is 98.4 cm³/mol. The maximum atomic E-state index is 12.6. The second kappa shape index (κ2) is 7.81. The largest absolute Gasteiger partial charge is 0.379 e. The van der Waals surface area contributed by atoms with Gasteiger partial charge >= 0.3 is 0 Å². The molecule has 0 radical (unpaired) electrons. The number of ether oxygens (including phenoxy) is 2. The highest BCUT2D eigenvalue weighted by atomic mass is 16.5. The number of rotatable bonds is 5. The Morgan fingerprint density at radius 3 is 3.11 bits per heavy atom. The van der Waals surface area contributed by atoms with E-state index in [-0.39, 0.29) is 18.1 Å². The number of methoxy groups -OCH3 is 1. The van der Waals surface area contributed by atoms with Crippen molar-refractivity contribution in [1.29, 1.82) is 0 Å². The topological polar surface area (TPSA) is 91.2 Å². The minimum atomic E-state index is -0.207. The third-order valence-electron chi connectivity index (χ3n) is 4.69. The molecule has 1 N–H and O–H groups in total. The van der Waals surface area contributed by atoms with Gasteiger partial charge in [0.05, 0.1) is 42.9 Å². The minimum absolute atomic E-state index is 0.0445. The Labute approximate surface area is 156 Å². The van der Waals surface area contributed by atoms with Gasteiger partial charge in [0.1, 0.15) is 5.52 Å². The lowest BCUT2D eigenvalue weighted by molar-refractivity contribution is -0.0349. The van der Waals surface area contributed by atoms with Gasteiger partial charge in [-0.25, -0.2) is 9.97 Å². The van der Waals surface area contributed by atoms with Crippen LogP contribution in [0.3, 0.4) is 0 Å². The first-order valence-electron chi connectivity index (χ1n) is 8.87. The lowest BCUT2D eigenvalue weighted by Gasteiger charge is -2.30. The summed E-state index contributed by atoms with van der Waals surface area (Å²) in [7, 11) is 1.65. The Morgan fingerprint density at radius 1 is 1.37 bits per heavy atom. The highest BCUT2D eigenvalue weighted by Gasteiger charge is 2.27. The van der Waals surface area contributed by atoms with Gasteiger partial charge in [0.2, 0.25) is 0 Å². The van der Waals surface area contributed by atoms with E-state index in [4.69, 9.17) is 9.47 Å². The quantitative estimate of drug-likeness (QED) is 0.733. The van der Waals surface area contributed by atoms with E-state index in [9.17, 15) is 4.79 Å². The Balaban J connectivity index is 1.51. The molecule has 3 aromatic heterocycles. The van der Waals surface area contributed by atoms with E-state index in [0.717, 1.165) is 12.1 Å². The van der Waals surface area contributed by atoms with Crippen LogP contribution in [-0.2, 0) is 16.0 Å². The molecule has 1 saturated heterocycles. The number of hydrogen-bond donors (Lipinski definition) is 1. The van der Waals surface area contributed by atoms with E-state index >= 15 is 0 Å². The number of nitrogens with zero attached hydrogens (tertiary/aromatic N) is 4. The Bertz CT molecular complexity index is 927. The molecule has 8 heteroatoms. The molecule has 3 aromatic rings. The number of imidazole rings is 1. The smallest absolute Gasteiger partial charge is 0.253 e. The van der Waals surface area contributed by atoms with Crippen molar-refractivity contribution in [2.45, 2.75) is 25.1 Å². The molecule has 8 nitrogen and oxygen atoms in total. The van der Waals surface area contributed by atoms with Crippen LogP contribution in [0, 0.1) is 0 Å². The summed E-state index contributed by atoms with van der Waals surface area (Å²) in [5.41, 5.74) is 2.77. The minimum Gasteiger partial charge on any atom is -0.379 e. The zero-order valence-electron chi connectivity index (χ0n) is 15.0. The summed E-state index contributed by atoms with van der Waals surface area (Å²) < 4.78 is 12.8. The Hall–Kier alpha value is -2.84. The standard InChI is InChI=1S/C19H21N5O3/c1-26-17-5-7-27-11-16(17)23-19(25)13-8-15-18(21-9-13)24(12-22-15)10-14-4-2-3-6-20-14/h2-4,6,8-9,12,16-17H,5,7,10-11H2,1H3,(H,23,25)/t16-,17-/m1/s1. The number of pyridine rings is 2. The molecule has 2 atom stereocenters. The zero-order valence-corrected chi connectivity index (χ0v) is 15.0. The summed E-state index contributed by atoms with van der Waals surface area (Å²) in [4.78, 5) is 25.8. The average Bonchev–Trinajstić information content (AvgIpc) is 3.11. The second-order valence-electron chi connectivity index (χ2n) is 6.48. The van der Waals surface area contributed by atoms with Crippen LogP contribution in [0.4, 0.5) is 0 Å². The molecular formula is C19H21N5O3. The first kappa shape index (κ1) is 17.6. The van der Waals surface area contributed by atoms with Gasteiger partial charge in [0.15, 0.2) is 5.65 Å². The van der Waals surface area contributed by atoms with Gasteiger partial charge in [-0.05, 0) is 24.6 Å². The molecule has 0 spiro atoms. The number of fused-ring (bicyclic) bond motifs is 1. The predicted octanol–water partition coefficient (Wildman–Crippen LogP) is 1.41. The van der Waals surface area contributed by atoms with Crippen LogP contribution in [0.15, 0.2) is 43.0 Å². The third kappa shape index (κ3) is 3.81. The molecule has 27 heavy (non-hydrogen) atoms. The van der Waals surface area contributed by atoms with E-state index in [0.29, 0.717) is 36.5 Å². The normalized spacial score (nSPS) is 19.9. The maximum absolute atomic E-state index is 12.6. The molecule has 0 saturated carbocycles. The second-order valence-corrected chi connectivity index (χ2v) is 6.48. The van der Waals surface area contributed by atoms with Crippen molar-refractivity contribution in [2.75, 3.05) is 20.3 Å². The fraction of sp³-hybridized carbons (Fsp3) is 0.368. The van der Waals surface area contributed by atoms with Crippen LogP contribution in [0.25, 0.3) is 11.2 Å². The molecule has 1 aliphatic heterocycles. The SMILES string of the molecule is CO[C@@H]1CCOC[C@H]1NC(=O)c1cnc2c(c1)ncn2Cc1ccccn1. The fourth-order valence-corrected chi connectivity index (χ4v) is 3.24. The van der Waals surface area contributed by atoms with Crippen LogP contribution in [0.1, 0.15) is 22.5 Å². The number of amides is 1. The van der Waals surface area contributed by atoms with Crippen molar-refractivity contribution >= 4 is 17.1 Å². The first-order valence-corrected chi connectivity index (χ1v) is 8.87. The lowest BCUT2D eigenvalue weighted by Crippen LogP contribution is -2.50. The number of hydrogen-bond acceptors (Lipinski definition) is 6. The lowest BCUT2D eigenvalue weighted by atomic mass is 10.1. The van der Waals surface area contributed by atoms with E-state index in [1.165, 1.54) is 0 Å². The summed E-state index contributed by atoms with van der Waals surface area (Å²) in [5.74, 6) is -0.207. The average molecular weight is 367 g/mol. The molecule has 1 aliphatic rings. The van der Waals surface area contributed by atoms with Crippen LogP contribution < -0.4 is 5.32 Å². The van der Waals surface area contributed by atoms with E-state index in [1.807, 2.05) is 22.8 Å². The molecule has 4 heterocycles. The summed E-state index contributed by atoms with van der Waals surface area (Å²) in [6.45, 7) is 1.66. The fourth-order valence-electron chi connectivity index (χ4n) is 3.24. The highest BCUT2D eigenvalue weighted by Crippen LogP contribution is 2.15. The molecule has 0 aliphatic carbocycles. The molecule has 1 amide bonds. The van der Waals surface area contributed by atoms with Gasteiger partial charge in [-0.2, -0.15) is 0 Å². The molecular weight excluding hydrogens is 346 g/mol. The number of nitrogens with one attached hydrogen (secondary N) is 1. The van der Waals surface area contributed by atoms with Gasteiger partial charge in [0, 0.05) is 26.1 Å². The zero-order chi connectivity index (χ0) is 18.6. The summed E-state index contributed by atoms with van der Waals surface area (Å²) in [6, 6.07) is 7.35.